The minimum absolute atomic E-state index is 0.0312. The molecule has 0 saturated carbocycles. The second-order valence-corrected chi connectivity index (χ2v) is 6.93. The highest BCUT2D eigenvalue weighted by atomic mass is 32.1. The van der Waals surface area contributed by atoms with Crippen molar-refractivity contribution >= 4 is 17.2 Å². The maximum absolute atomic E-state index is 12.7. The van der Waals surface area contributed by atoms with Crippen LogP contribution >= 0.6 is 11.3 Å². The monoisotopic (exact) mass is 332 g/mol. The Hall–Kier alpha value is -2.02. The Kier molecular flexibility index (Phi) is 4.56. The fourth-order valence-electron chi connectivity index (χ4n) is 2.76. The van der Waals surface area contributed by atoms with E-state index >= 15 is 0 Å². The molecule has 1 fully saturated rings. The maximum atomic E-state index is 12.7. The number of likely N-dealkylation sites (tertiary alicyclic amines) is 1. The summed E-state index contributed by atoms with van der Waals surface area (Å²) in [6, 6.07) is 1.75. The number of ether oxygens (including phenoxy) is 1. The highest BCUT2D eigenvalue weighted by Crippen LogP contribution is 2.23. The Morgan fingerprint density at radius 1 is 1.35 bits per heavy atom. The quantitative estimate of drug-likeness (QED) is 0.864. The number of amides is 1. The molecule has 0 N–H and O–H groups in total. The van der Waals surface area contributed by atoms with Gasteiger partial charge < -0.3 is 9.64 Å². The van der Waals surface area contributed by atoms with Crippen LogP contribution in [0.25, 0.3) is 0 Å². The van der Waals surface area contributed by atoms with Gasteiger partial charge in [-0.15, -0.1) is 11.3 Å². The van der Waals surface area contributed by atoms with Crippen LogP contribution in [0.2, 0.25) is 0 Å². The Bertz CT molecular complexity index is 716. The normalized spacial score (nSPS) is 18.0. The molecule has 3 heterocycles. The van der Waals surface area contributed by atoms with Crippen molar-refractivity contribution in [2.45, 2.75) is 39.7 Å². The van der Waals surface area contributed by atoms with Crippen molar-refractivity contribution < 1.29 is 9.53 Å². The van der Waals surface area contributed by atoms with Gasteiger partial charge >= 0.3 is 0 Å². The van der Waals surface area contributed by atoms with Gasteiger partial charge in [-0.1, -0.05) is 0 Å². The molecular weight excluding hydrogens is 312 g/mol. The molecule has 122 valence electrons. The van der Waals surface area contributed by atoms with Gasteiger partial charge in [0.2, 0.25) is 5.88 Å². The number of piperidine rings is 1. The fraction of sp³-hybridized carbons (Fsp3) is 0.500. The molecule has 3 rings (SSSR count). The first-order valence-electron chi connectivity index (χ1n) is 7.72. The van der Waals surface area contributed by atoms with Crippen molar-refractivity contribution in [3.8, 4) is 5.88 Å². The van der Waals surface area contributed by atoms with Gasteiger partial charge in [-0.2, -0.15) is 4.98 Å². The third-order valence-corrected chi connectivity index (χ3v) is 4.86. The van der Waals surface area contributed by atoms with E-state index in [-0.39, 0.29) is 12.0 Å². The second-order valence-electron chi connectivity index (χ2n) is 5.72. The first-order chi connectivity index (χ1) is 11.0. The molecule has 1 atom stereocenters. The summed E-state index contributed by atoms with van der Waals surface area (Å²) in [4.78, 5) is 28.0. The molecule has 0 bridgehead atoms. The van der Waals surface area contributed by atoms with Gasteiger partial charge in [-0.25, -0.2) is 9.97 Å². The molecule has 23 heavy (non-hydrogen) atoms. The highest BCUT2D eigenvalue weighted by molar-refractivity contribution is 7.13. The molecule has 0 aromatic carbocycles. The van der Waals surface area contributed by atoms with E-state index in [1.165, 1.54) is 11.3 Å². The third kappa shape index (κ3) is 3.67. The van der Waals surface area contributed by atoms with E-state index in [2.05, 4.69) is 15.0 Å². The molecule has 1 aliphatic heterocycles. The molecule has 6 nitrogen and oxygen atoms in total. The van der Waals surface area contributed by atoms with Gasteiger partial charge in [0.05, 0.1) is 17.2 Å². The molecule has 0 aliphatic carbocycles. The van der Waals surface area contributed by atoms with E-state index in [1.807, 2.05) is 25.7 Å². The second kappa shape index (κ2) is 6.62. The SMILES string of the molecule is Cc1nccc(OC2CCCN(C(=O)c3sc(C)nc3C)C2)n1. The Morgan fingerprint density at radius 3 is 2.87 bits per heavy atom. The predicted octanol–water partition coefficient (Wildman–Crippen LogP) is 2.54. The number of thiazole rings is 1. The first kappa shape index (κ1) is 15.9. The van der Waals surface area contributed by atoms with E-state index in [9.17, 15) is 4.79 Å². The Balaban J connectivity index is 1.68. The largest absolute Gasteiger partial charge is 0.472 e. The highest BCUT2D eigenvalue weighted by Gasteiger charge is 2.28. The molecule has 2 aromatic rings. The first-order valence-corrected chi connectivity index (χ1v) is 8.54. The van der Waals surface area contributed by atoms with Crippen LogP contribution in [0.3, 0.4) is 0 Å². The van der Waals surface area contributed by atoms with Gasteiger partial charge in [0.25, 0.3) is 5.91 Å². The Morgan fingerprint density at radius 2 is 2.17 bits per heavy atom. The van der Waals surface area contributed by atoms with Crippen LogP contribution in [0.1, 0.15) is 39.0 Å². The van der Waals surface area contributed by atoms with Crippen LogP contribution in [0.15, 0.2) is 12.3 Å². The molecule has 1 aliphatic rings. The van der Waals surface area contributed by atoms with Crippen molar-refractivity contribution in [2.24, 2.45) is 0 Å². The van der Waals surface area contributed by atoms with Crippen LogP contribution in [-0.2, 0) is 0 Å². The number of hydrogen-bond acceptors (Lipinski definition) is 6. The number of aromatic nitrogens is 3. The predicted molar refractivity (Wildman–Crippen MR) is 87.9 cm³/mol. The molecule has 2 aromatic heterocycles. The topological polar surface area (TPSA) is 68.2 Å². The number of rotatable bonds is 3. The average molecular weight is 332 g/mol. The van der Waals surface area contributed by atoms with Crippen LogP contribution < -0.4 is 4.74 Å². The molecule has 0 spiro atoms. The number of aryl methyl sites for hydroxylation is 3. The number of nitrogens with zero attached hydrogens (tertiary/aromatic N) is 4. The van der Waals surface area contributed by atoms with E-state index in [4.69, 9.17) is 4.74 Å². The minimum Gasteiger partial charge on any atom is -0.472 e. The average Bonchev–Trinajstić information content (AvgIpc) is 2.85. The summed E-state index contributed by atoms with van der Waals surface area (Å²) in [5, 5.41) is 0.923. The van der Waals surface area contributed by atoms with Crippen LogP contribution in [0.4, 0.5) is 0 Å². The zero-order valence-corrected chi connectivity index (χ0v) is 14.4. The zero-order chi connectivity index (χ0) is 16.4. The van der Waals surface area contributed by atoms with Crippen molar-refractivity contribution in [3.63, 3.8) is 0 Å². The zero-order valence-electron chi connectivity index (χ0n) is 13.6. The van der Waals surface area contributed by atoms with E-state index in [1.54, 1.807) is 12.3 Å². The lowest BCUT2D eigenvalue weighted by atomic mass is 10.1. The van der Waals surface area contributed by atoms with Crippen molar-refractivity contribution in [1.82, 2.24) is 19.9 Å². The van der Waals surface area contributed by atoms with Gasteiger partial charge in [0.1, 0.15) is 16.8 Å². The summed E-state index contributed by atoms with van der Waals surface area (Å²) in [6.45, 7) is 6.99. The van der Waals surface area contributed by atoms with Crippen molar-refractivity contribution in [2.75, 3.05) is 13.1 Å². The summed E-state index contributed by atoms with van der Waals surface area (Å²) < 4.78 is 5.93. The van der Waals surface area contributed by atoms with Crippen molar-refractivity contribution in [1.29, 1.82) is 0 Å². The lowest BCUT2D eigenvalue weighted by Crippen LogP contribution is -2.44. The molecule has 1 amide bonds. The molecule has 7 heteroatoms. The third-order valence-electron chi connectivity index (χ3n) is 3.80. The van der Waals surface area contributed by atoms with Crippen LogP contribution in [0, 0.1) is 20.8 Å². The van der Waals surface area contributed by atoms with E-state index < -0.39 is 0 Å². The van der Waals surface area contributed by atoms with Crippen molar-refractivity contribution in [3.05, 3.63) is 33.7 Å². The van der Waals surface area contributed by atoms with Crippen LogP contribution in [-0.4, -0.2) is 45.0 Å². The summed E-state index contributed by atoms with van der Waals surface area (Å²) in [7, 11) is 0. The Labute approximate surface area is 139 Å². The van der Waals surface area contributed by atoms with Gasteiger partial charge in [-0.05, 0) is 33.6 Å². The summed E-state index contributed by atoms with van der Waals surface area (Å²) >= 11 is 1.46. The molecule has 1 saturated heterocycles. The maximum Gasteiger partial charge on any atom is 0.265 e. The minimum atomic E-state index is -0.0312. The summed E-state index contributed by atoms with van der Waals surface area (Å²) in [6.07, 6.45) is 3.51. The summed E-state index contributed by atoms with van der Waals surface area (Å²) in [5.74, 6) is 1.31. The van der Waals surface area contributed by atoms with E-state index in [0.717, 1.165) is 35.0 Å². The number of hydrogen-bond donors (Lipinski definition) is 0. The van der Waals surface area contributed by atoms with E-state index in [0.29, 0.717) is 18.2 Å². The lowest BCUT2D eigenvalue weighted by molar-refractivity contribution is 0.0530. The molecule has 0 radical (unpaired) electrons. The lowest BCUT2D eigenvalue weighted by Gasteiger charge is -2.32. The fourth-order valence-corrected chi connectivity index (χ4v) is 3.65. The van der Waals surface area contributed by atoms with Gasteiger partial charge in [0.15, 0.2) is 0 Å². The molecule has 1 unspecified atom stereocenters. The van der Waals surface area contributed by atoms with Gasteiger partial charge in [0, 0.05) is 18.8 Å². The smallest absolute Gasteiger partial charge is 0.265 e. The standard InChI is InChI=1S/C16H20N4O2S/c1-10-15(23-12(3)18-10)16(21)20-8-4-5-13(9-20)22-14-6-7-17-11(2)19-14/h6-7,13H,4-5,8-9H2,1-3H3. The van der Waals surface area contributed by atoms with Crippen LogP contribution in [0.5, 0.6) is 5.88 Å². The molecular formula is C16H20N4O2S. The number of carbonyl (C=O) groups excluding carboxylic acids is 1. The van der Waals surface area contributed by atoms with Gasteiger partial charge in [-0.3, -0.25) is 4.79 Å². The summed E-state index contributed by atoms with van der Waals surface area (Å²) in [5.41, 5.74) is 0.812. The number of carbonyl (C=O) groups is 1.